The molecule has 1 amide bonds. The van der Waals surface area contributed by atoms with Crippen LogP contribution in [0.3, 0.4) is 0 Å². The third-order valence-electron chi connectivity index (χ3n) is 2.29. The number of amides is 1. The van der Waals surface area contributed by atoms with Crippen molar-refractivity contribution in [3.63, 3.8) is 0 Å². The molecule has 132 valence electrons. The Morgan fingerprint density at radius 1 is 1.26 bits per heavy atom. The van der Waals surface area contributed by atoms with Crippen LogP contribution in [-0.4, -0.2) is 47.9 Å². The Morgan fingerprint density at radius 2 is 1.91 bits per heavy atom. The lowest BCUT2D eigenvalue weighted by Crippen LogP contribution is -2.42. The van der Waals surface area contributed by atoms with Gasteiger partial charge in [-0.3, -0.25) is 4.99 Å². The summed E-state index contributed by atoms with van der Waals surface area (Å²) in [6, 6.07) is 0. The number of aliphatic imine (C=N–C) groups is 1. The van der Waals surface area contributed by atoms with Gasteiger partial charge in [-0.2, -0.15) is 4.98 Å². The third kappa shape index (κ3) is 9.92. The quantitative estimate of drug-likeness (QED) is 0.273. The van der Waals surface area contributed by atoms with Gasteiger partial charge in [-0.25, -0.2) is 4.79 Å². The summed E-state index contributed by atoms with van der Waals surface area (Å²) in [5.74, 6) is 1.64. The molecule has 0 aliphatic heterocycles. The van der Waals surface area contributed by atoms with Crippen molar-refractivity contribution in [3.05, 3.63) is 11.7 Å². The van der Waals surface area contributed by atoms with E-state index in [1.807, 2.05) is 20.8 Å². The summed E-state index contributed by atoms with van der Waals surface area (Å²) in [5.41, 5.74) is -0.502. The average Bonchev–Trinajstić information content (AvgIpc) is 2.81. The first kappa shape index (κ1) is 21.4. The number of halogens is 1. The maximum absolute atomic E-state index is 11.5. The number of alkyl carbamates (subject to hydrolysis) is 1. The number of nitrogens with zero attached hydrogens (tertiary/aromatic N) is 3. The Kier molecular flexibility index (Phi) is 9.53. The first-order valence-corrected chi connectivity index (χ1v) is 7.00. The van der Waals surface area contributed by atoms with E-state index in [0.717, 1.165) is 0 Å². The molecule has 0 bridgehead atoms. The van der Waals surface area contributed by atoms with Gasteiger partial charge in [-0.1, -0.05) is 5.16 Å². The second-order valence-corrected chi connectivity index (χ2v) is 5.51. The van der Waals surface area contributed by atoms with E-state index in [1.165, 1.54) is 0 Å². The molecule has 0 atom stereocenters. The van der Waals surface area contributed by atoms with Gasteiger partial charge in [-0.15, -0.1) is 24.0 Å². The highest BCUT2D eigenvalue weighted by atomic mass is 127. The van der Waals surface area contributed by atoms with Crippen molar-refractivity contribution in [2.45, 2.75) is 39.8 Å². The topological polar surface area (TPSA) is 114 Å². The van der Waals surface area contributed by atoms with Crippen LogP contribution in [0, 0.1) is 6.92 Å². The van der Waals surface area contributed by atoms with E-state index in [0.29, 0.717) is 37.3 Å². The van der Waals surface area contributed by atoms with Gasteiger partial charge in [0.1, 0.15) is 5.60 Å². The van der Waals surface area contributed by atoms with Crippen molar-refractivity contribution in [1.29, 1.82) is 0 Å². The third-order valence-corrected chi connectivity index (χ3v) is 2.29. The van der Waals surface area contributed by atoms with Gasteiger partial charge in [0.2, 0.25) is 5.89 Å². The van der Waals surface area contributed by atoms with Gasteiger partial charge in [-0.05, 0) is 20.8 Å². The highest BCUT2D eigenvalue weighted by molar-refractivity contribution is 14.0. The molecule has 10 heteroatoms. The van der Waals surface area contributed by atoms with Crippen molar-refractivity contribution >= 4 is 36.0 Å². The summed E-state index contributed by atoms with van der Waals surface area (Å²) in [7, 11) is 1.65. The molecule has 0 aliphatic carbocycles. The lowest BCUT2D eigenvalue weighted by molar-refractivity contribution is 0.0529. The number of guanidine groups is 1. The molecule has 9 nitrogen and oxygen atoms in total. The molecule has 0 fully saturated rings. The zero-order valence-electron chi connectivity index (χ0n) is 14.1. The summed E-state index contributed by atoms with van der Waals surface area (Å²) in [4.78, 5) is 19.6. The zero-order valence-corrected chi connectivity index (χ0v) is 16.4. The monoisotopic (exact) mass is 440 g/mol. The van der Waals surface area contributed by atoms with Crippen LogP contribution in [0.1, 0.15) is 32.5 Å². The number of aryl methyl sites for hydroxylation is 1. The molecule has 0 saturated heterocycles. The summed E-state index contributed by atoms with van der Waals surface area (Å²) in [6.45, 7) is 8.49. The minimum atomic E-state index is -0.502. The van der Waals surface area contributed by atoms with Crippen molar-refractivity contribution in [2.24, 2.45) is 4.99 Å². The fourth-order valence-electron chi connectivity index (χ4n) is 1.46. The molecule has 1 aromatic rings. The van der Waals surface area contributed by atoms with Gasteiger partial charge in [0.25, 0.3) is 0 Å². The van der Waals surface area contributed by atoms with E-state index in [1.54, 1.807) is 14.0 Å². The number of nitrogens with one attached hydrogen (secondary N) is 3. The Balaban J connectivity index is 0.00000484. The molecule has 1 aromatic heterocycles. The summed E-state index contributed by atoms with van der Waals surface area (Å²) in [6.07, 6.45) is -0.445. The minimum Gasteiger partial charge on any atom is -0.444 e. The van der Waals surface area contributed by atoms with Crippen LogP contribution in [0.2, 0.25) is 0 Å². The van der Waals surface area contributed by atoms with Gasteiger partial charge < -0.3 is 25.2 Å². The number of hydrogen-bond donors (Lipinski definition) is 3. The van der Waals surface area contributed by atoms with E-state index in [9.17, 15) is 4.79 Å². The Hall–Kier alpha value is -1.59. The Bertz CT molecular complexity index is 512. The summed E-state index contributed by atoms with van der Waals surface area (Å²) >= 11 is 0. The molecular formula is C13H25IN6O3. The second-order valence-electron chi connectivity index (χ2n) is 5.51. The summed E-state index contributed by atoms with van der Waals surface area (Å²) in [5, 5.41) is 12.5. The molecule has 0 aromatic carbocycles. The first-order chi connectivity index (χ1) is 10.3. The number of aromatic nitrogens is 2. The molecule has 3 N–H and O–H groups in total. The smallest absolute Gasteiger partial charge is 0.407 e. The van der Waals surface area contributed by atoms with Crippen molar-refractivity contribution in [1.82, 2.24) is 26.1 Å². The van der Waals surface area contributed by atoms with E-state index < -0.39 is 11.7 Å². The number of hydrogen-bond acceptors (Lipinski definition) is 6. The molecular weight excluding hydrogens is 415 g/mol. The van der Waals surface area contributed by atoms with E-state index in [2.05, 4.69) is 31.1 Å². The van der Waals surface area contributed by atoms with Crippen molar-refractivity contribution < 1.29 is 14.1 Å². The average molecular weight is 440 g/mol. The van der Waals surface area contributed by atoms with E-state index >= 15 is 0 Å². The molecule has 0 spiro atoms. The fourth-order valence-corrected chi connectivity index (χ4v) is 1.46. The predicted octanol–water partition coefficient (Wildman–Crippen LogP) is 1.19. The molecule has 0 aliphatic rings. The van der Waals surface area contributed by atoms with Crippen LogP contribution in [0.25, 0.3) is 0 Å². The number of rotatable bonds is 5. The molecule has 0 radical (unpaired) electrons. The Labute approximate surface area is 153 Å². The van der Waals surface area contributed by atoms with Crippen LogP contribution in [0.15, 0.2) is 9.52 Å². The van der Waals surface area contributed by atoms with Crippen LogP contribution in [0.5, 0.6) is 0 Å². The number of carbonyl (C=O) groups is 1. The first-order valence-electron chi connectivity index (χ1n) is 7.00. The normalized spacial score (nSPS) is 11.4. The lowest BCUT2D eigenvalue weighted by Gasteiger charge is -2.19. The molecule has 23 heavy (non-hydrogen) atoms. The van der Waals surface area contributed by atoms with Crippen LogP contribution < -0.4 is 16.0 Å². The highest BCUT2D eigenvalue weighted by Gasteiger charge is 2.15. The number of carbonyl (C=O) groups excluding carboxylic acids is 1. The predicted molar refractivity (Wildman–Crippen MR) is 96.9 cm³/mol. The maximum Gasteiger partial charge on any atom is 0.407 e. The van der Waals surface area contributed by atoms with E-state index in [4.69, 9.17) is 9.26 Å². The van der Waals surface area contributed by atoms with Crippen molar-refractivity contribution in [2.75, 3.05) is 20.1 Å². The standard InChI is InChI=1S/C13H24N6O3.HI/c1-9-18-10(19-22-9)8-17-11(14-5)15-6-7-16-12(20)21-13(2,3)4;/h6-8H2,1-5H3,(H,16,20)(H2,14,15,17);1H. The van der Waals surface area contributed by atoms with E-state index in [-0.39, 0.29) is 24.0 Å². The SMILES string of the molecule is CN=C(NCCNC(=O)OC(C)(C)C)NCc1noc(C)n1.I. The molecule has 1 rings (SSSR count). The van der Waals surface area contributed by atoms with Gasteiger partial charge in [0.05, 0.1) is 6.54 Å². The number of ether oxygens (including phenoxy) is 1. The lowest BCUT2D eigenvalue weighted by atomic mass is 10.2. The summed E-state index contributed by atoms with van der Waals surface area (Å²) < 4.78 is 10.0. The fraction of sp³-hybridized carbons (Fsp3) is 0.692. The van der Waals surface area contributed by atoms with Crippen LogP contribution in [-0.2, 0) is 11.3 Å². The second kappa shape index (κ2) is 10.2. The minimum absolute atomic E-state index is 0. The molecule has 1 heterocycles. The van der Waals surface area contributed by atoms with Gasteiger partial charge >= 0.3 is 6.09 Å². The molecule has 0 unspecified atom stereocenters. The van der Waals surface area contributed by atoms with Crippen molar-refractivity contribution in [3.8, 4) is 0 Å². The zero-order chi connectivity index (χ0) is 16.6. The van der Waals surface area contributed by atoms with Crippen LogP contribution >= 0.6 is 24.0 Å². The van der Waals surface area contributed by atoms with Crippen LogP contribution in [0.4, 0.5) is 4.79 Å². The molecule has 0 saturated carbocycles. The maximum atomic E-state index is 11.5. The van der Waals surface area contributed by atoms with Gasteiger partial charge in [0, 0.05) is 27.1 Å². The van der Waals surface area contributed by atoms with Gasteiger partial charge in [0.15, 0.2) is 11.8 Å². The Morgan fingerprint density at radius 3 is 2.43 bits per heavy atom. The highest BCUT2D eigenvalue weighted by Crippen LogP contribution is 2.05. The largest absolute Gasteiger partial charge is 0.444 e.